The second-order valence-corrected chi connectivity index (χ2v) is 7.29. The van der Waals surface area contributed by atoms with E-state index in [2.05, 4.69) is 24.5 Å². The van der Waals surface area contributed by atoms with Crippen molar-refractivity contribution in [2.75, 3.05) is 22.1 Å². The molecule has 1 fully saturated rings. The smallest absolute Gasteiger partial charge is 0.246 e. The highest BCUT2D eigenvalue weighted by Gasteiger charge is 2.21. The van der Waals surface area contributed by atoms with Crippen molar-refractivity contribution in [3.8, 4) is 0 Å². The molecule has 0 aliphatic carbocycles. The fraction of sp³-hybridized carbons (Fsp3) is 0.364. The Labute approximate surface area is 160 Å². The van der Waals surface area contributed by atoms with Gasteiger partial charge in [0.2, 0.25) is 11.8 Å². The molecule has 1 heterocycles. The first-order valence-electron chi connectivity index (χ1n) is 9.52. The monoisotopic (exact) mass is 365 g/mol. The number of benzene rings is 2. The fourth-order valence-electron chi connectivity index (χ4n) is 3.33. The van der Waals surface area contributed by atoms with Crippen molar-refractivity contribution in [2.24, 2.45) is 0 Å². The Bertz CT molecular complexity index is 815. The summed E-state index contributed by atoms with van der Waals surface area (Å²) in [5, 5.41) is 6.24. The number of amides is 2. The van der Waals surface area contributed by atoms with Crippen LogP contribution in [0.25, 0.3) is 0 Å². The van der Waals surface area contributed by atoms with Gasteiger partial charge in [0.25, 0.3) is 0 Å². The maximum absolute atomic E-state index is 12.6. The molecule has 2 N–H and O–H groups in total. The van der Waals surface area contributed by atoms with Gasteiger partial charge in [-0.05, 0) is 55.2 Å². The summed E-state index contributed by atoms with van der Waals surface area (Å²) in [6.45, 7) is 6.84. The Hall–Kier alpha value is -2.82. The Morgan fingerprint density at radius 2 is 1.74 bits per heavy atom. The van der Waals surface area contributed by atoms with Crippen LogP contribution in [0.5, 0.6) is 0 Å². The number of hydrogen-bond acceptors (Lipinski definition) is 3. The van der Waals surface area contributed by atoms with Crippen molar-refractivity contribution in [1.82, 2.24) is 0 Å². The molecular formula is C22H27N3O2. The van der Waals surface area contributed by atoms with Crippen LogP contribution in [0.3, 0.4) is 0 Å². The summed E-state index contributed by atoms with van der Waals surface area (Å²) in [4.78, 5) is 26.2. The minimum absolute atomic E-state index is 0.0816. The molecule has 1 aliphatic rings. The third-order valence-corrected chi connectivity index (χ3v) is 4.87. The summed E-state index contributed by atoms with van der Waals surface area (Å²) in [7, 11) is 0. The zero-order valence-electron chi connectivity index (χ0n) is 16.2. The zero-order valence-corrected chi connectivity index (χ0v) is 16.2. The van der Waals surface area contributed by atoms with E-state index in [1.165, 1.54) is 0 Å². The largest absolute Gasteiger partial charge is 0.374 e. The van der Waals surface area contributed by atoms with Gasteiger partial charge < -0.3 is 15.5 Å². The molecular weight excluding hydrogens is 338 g/mol. The highest BCUT2D eigenvalue weighted by atomic mass is 16.2. The van der Waals surface area contributed by atoms with Gasteiger partial charge in [0.05, 0.1) is 0 Å². The second-order valence-electron chi connectivity index (χ2n) is 7.29. The summed E-state index contributed by atoms with van der Waals surface area (Å²) < 4.78 is 0. The number of rotatable bonds is 6. The van der Waals surface area contributed by atoms with Crippen molar-refractivity contribution in [2.45, 2.75) is 45.6 Å². The van der Waals surface area contributed by atoms with Gasteiger partial charge in [-0.3, -0.25) is 9.59 Å². The van der Waals surface area contributed by atoms with Crippen LogP contribution in [-0.4, -0.2) is 24.4 Å². The first-order chi connectivity index (χ1) is 13.0. The Balaban J connectivity index is 1.62. The van der Waals surface area contributed by atoms with Crippen molar-refractivity contribution in [3.63, 3.8) is 0 Å². The molecule has 2 aromatic carbocycles. The molecule has 0 aromatic heterocycles. The molecule has 0 bridgehead atoms. The second kappa shape index (κ2) is 8.25. The summed E-state index contributed by atoms with van der Waals surface area (Å²) in [6, 6.07) is 15.2. The van der Waals surface area contributed by atoms with E-state index in [4.69, 9.17) is 0 Å². The predicted molar refractivity (Wildman–Crippen MR) is 110 cm³/mol. The lowest BCUT2D eigenvalue weighted by Gasteiger charge is -2.19. The SMILES string of the molecule is CC(C)c1ccccc1NC(=O)[C@@H](C)Nc1ccc(N2CCCC2=O)cc1. The van der Waals surface area contributed by atoms with E-state index in [1.807, 2.05) is 60.4 Å². The van der Waals surface area contributed by atoms with Crippen molar-refractivity contribution < 1.29 is 9.59 Å². The highest BCUT2D eigenvalue weighted by Crippen LogP contribution is 2.25. The van der Waals surface area contributed by atoms with Crippen LogP contribution < -0.4 is 15.5 Å². The summed E-state index contributed by atoms with van der Waals surface area (Å²) in [5.41, 5.74) is 3.74. The lowest BCUT2D eigenvalue weighted by Crippen LogP contribution is -2.32. The number of anilines is 3. The van der Waals surface area contributed by atoms with E-state index in [0.717, 1.165) is 35.6 Å². The molecule has 0 saturated carbocycles. The molecule has 1 saturated heterocycles. The minimum atomic E-state index is -0.385. The number of carbonyl (C=O) groups is 2. The van der Waals surface area contributed by atoms with Gasteiger partial charge in [0, 0.05) is 30.0 Å². The molecule has 5 heteroatoms. The topological polar surface area (TPSA) is 61.4 Å². The standard InChI is InChI=1S/C22H27N3O2/c1-15(2)19-7-4-5-8-20(19)24-22(27)16(3)23-17-10-12-18(13-11-17)25-14-6-9-21(25)26/h4-5,7-8,10-13,15-16,23H,6,9,14H2,1-3H3,(H,24,27)/t16-/m1/s1. The number of para-hydroxylation sites is 1. The fourth-order valence-corrected chi connectivity index (χ4v) is 3.33. The maximum atomic E-state index is 12.6. The van der Waals surface area contributed by atoms with Gasteiger partial charge in [-0.25, -0.2) is 0 Å². The summed E-state index contributed by atoms with van der Waals surface area (Å²) in [6.07, 6.45) is 1.53. The summed E-state index contributed by atoms with van der Waals surface area (Å²) >= 11 is 0. The first kappa shape index (κ1) is 19.0. The van der Waals surface area contributed by atoms with Gasteiger partial charge in [-0.15, -0.1) is 0 Å². The van der Waals surface area contributed by atoms with Crippen molar-refractivity contribution >= 4 is 28.9 Å². The van der Waals surface area contributed by atoms with Crippen LogP contribution in [0.15, 0.2) is 48.5 Å². The first-order valence-corrected chi connectivity index (χ1v) is 9.52. The minimum Gasteiger partial charge on any atom is -0.374 e. The van der Waals surface area contributed by atoms with Gasteiger partial charge in [-0.1, -0.05) is 32.0 Å². The van der Waals surface area contributed by atoms with E-state index >= 15 is 0 Å². The average molecular weight is 365 g/mol. The van der Waals surface area contributed by atoms with Crippen molar-refractivity contribution in [1.29, 1.82) is 0 Å². The maximum Gasteiger partial charge on any atom is 0.246 e. The highest BCUT2D eigenvalue weighted by molar-refractivity contribution is 5.97. The van der Waals surface area contributed by atoms with Crippen LogP contribution in [0.2, 0.25) is 0 Å². The number of hydrogen-bond donors (Lipinski definition) is 2. The van der Waals surface area contributed by atoms with E-state index in [9.17, 15) is 9.59 Å². The molecule has 5 nitrogen and oxygen atoms in total. The molecule has 0 radical (unpaired) electrons. The number of nitrogens with one attached hydrogen (secondary N) is 2. The Kier molecular flexibility index (Phi) is 5.79. The Morgan fingerprint density at radius 3 is 2.37 bits per heavy atom. The van der Waals surface area contributed by atoms with E-state index in [1.54, 1.807) is 0 Å². The molecule has 1 atom stereocenters. The van der Waals surface area contributed by atoms with Crippen LogP contribution in [0, 0.1) is 0 Å². The third kappa shape index (κ3) is 4.48. The lowest BCUT2D eigenvalue weighted by molar-refractivity contribution is -0.117. The van der Waals surface area contributed by atoms with E-state index < -0.39 is 0 Å². The van der Waals surface area contributed by atoms with E-state index in [0.29, 0.717) is 12.3 Å². The molecule has 0 unspecified atom stereocenters. The number of nitrogens with zero attached hydrogens (tertiary/aromatic N) is 1. The van der Waals surface area contributed by atoms with Crippen LogP contribution >= 0.6 is 0 Å². The normalized spacial score (nSPS) is 15.1. The summed E-state index contributed by atoms with van der Waals surface area (Å²) in [5.74, 6) is 0.430. The number of carbonyl (C=O) groups excluding carboxylic acids is 2. The molecule has 3 rings (SSSR count). The van der Waals surface area contributed by atoms with Gasteiger partial charge in [-0.2, -0.15) is 0 Å². The average Bonchev–Trinajstić information content (AvgIpc) is 3.08. The lowest BCUT2D eigenvalue weighted by atomic mass is 10.0. The van der Waals surface area contributed by atoms with Crippen molar-refractivity contribution in [3.05, 3.63) is 54.1 Å². The van der Waals surface area contributed by atoms with Crippen LogP contribution in [-0.2, 0) is 9.59 Å². The van der Waals surface area contributed by atoms with Gasteiger partial charge in [0.15, 0.2) is 0 Å². The molecule has 2 aromatic rings. The molecule has 142 valence electrons. The van der Waals surface area contributed by atoms with Gasteiger partial charge >= 0.3 is 0 Å². The molecule has 2 amide bonds. The molecule has 0 spiro atoms. The molecule has 27 heavy (non-hydrogen) atoms. The molecule has 1 aliphatic heterocycles. The zero-order chi connectivity index (χ0) is 19.4. The van der Waals surface area contributed by atoms with Crippen LogP contribution in [0.4, 0.5) is 17.1 Å². The quantitative estimate of drug-likeness (QED) is 0.799. The Morgan fingerprint density at radius 1 is 1.04 bits per heavy atom. The van der Waals surface area contributed by atoms with Gasteiger partial charge in [0.1, 0.15) is 6.04 Å². The predicted octanol–water partition coefficient (Wildman–Crippen LogP) is 4.38. The van der Waals surface area contributed by atoms with Crippen LogP contribution in [0.1, 0.15) is 45.1 Å². The van der Waals surface area contributed by atoms with E-state index in [-0.39, 0.29) is 17.9 Å². The third-order valence-electron chi connectivity index (χ3n) is 4.87.